The lowest BCUT2D eigenvalue weighted by molar-refractivity contribution is -0.390. The minimum absolute atomic E-state index is 0.712. The summed E-state index contributed by atoms with van der Waals surface area (Å²) in [5.74, 6) is -3.03. The summed E-state index contributed by atoms with van der Waals surface area (Å²) in [6.07, 6.45) is -2.03. The number of hydrogen-bond donors (Lipinski definition) is 3. The van der Waals surface area contributed by atoms with Gasteiger partial charge in [-0.05, 0) is 12.1 Å². The van der Waals surface area contributed by atoms with Crippen molar-refractivity contribution in [3.8, 4) is 0 Å². The molecule has 0 radical (unpaired) electrons. The number of sulfonamides is 1. The standard InChI is InChI=1S/C9H9FN2O7S/c10-5-2-1-3-7(8(5)12(16)17)20(18,19)11-4-6(13)9(14)15/h1-3,6,11,13H,4H2,(H,14,15)/t6-/m0/s1. The van der Waals surface area contributed by atoms with Crippen LogP contribution in [-0.2, 0) is 14.8 Å². The second-order valence-electron chi connectivity index (χ2n) is 3.55. The third-order valence-corrected chi connectivity index (χ3v) is 3.63. The number of nitrogens with zero attached hydrogens (tertiary/aromatic N) is 1. The molecule has 0 aliphatic carbocycles. The maximum absolute atomic E-state index is 13.3. The van der Waals surface area contributed by atoms with Gasteiger partial charge in [0.15, 0.2) is 11.0 Å². The molecule has 1 rings (SSSR count). The Balaban J connectivity index is 3.14. The number of nitrogens with one attached hydrogen (secondary N) is 1. The number of nitro benzene ring substituents is 1. The predicted octanol–water partition coefficient (Wildman–Crippen LogP) is -0.542. The number of nitro groups is 1. The molecule has 0 saturated heterocycles. The van der Waals surface area contributed by atoms with Crippen LogP contribution in [0.4, 0.5) is 10.1 Å². The van der Waals surface area contributed by atoms with Crippen molar-refractivity contribution in [3.05, 3.63) is 34.1 Å². The summed E-state index contributed by atoms with van der Waals surface area (Å²) in [5, 5.41) is 28.0. The molecule has 3 N–H and O–H groups in total. The molecular formula is C9H9FN2O7S. The zero-order chi connectivity index (χ0) is 15.5. The van der Waals surface area contributed by atoms with E-state index in [9.17, 15) is 27.7 Å². The first kappa shape index (κ1) is 15.9. The molecule has 0 fully saturated rings. The Bertz CT molecular complexity index is 646. The zero-order valence-corrected chi connectivity index (χ0v) is 10.5. The smallest absolute Gasteiger partial charge is 0.333 e. The Kier molecular flexibility index (Phi) is 4.70. The highest BCUT2D eigenvalue weighted by atomic mass is 32.2. The van der Waals surface area contributed by atoms with Crippen LogP contribution in [0.3, 0.4) is 0 Å². The summed E-state index contributed by atoms with van der Waals surface area (Å²) < 4.78 is 38.4. The molecule has 1 atom stereocenters. The normalized spacial score (nSPS) is 12.9. The van der Waals surface area contributed by atoms with E-state index >= 15 is 0 Å². The molecule has 110 valence electrons. The van der Waals surface area contributed by atoms with Crippen LogP contribution in [0.5, 0.6) is 0 Å². The number of para-hydroxylation sites is 1. The molecule has 0 amide bonds. The number of aliphatic carboxylic acids is 1. The van der Waals surface area contributed by atoms with Crippen molar-refractivity contribution < 1.29 is 32.7 Å². The van der Waals surface area contributed by atoms with E-state index in [0.29, 0.717) is 6.07 Å². The highest BCUT2D eigenvalue weighted by Gasteiger charge is 2.30. The fourth-order valence-corrected chi connectivity index (χ4v) is 2.46. The summed E-state index contributed by atoms with van der Waals surface area (Å²) in [7, 11) is -4.54. The SMILES string of the molecule is O=C(O)[C@@H](O)CNS(=O)(=O)c1cccc(F)c1[N+](=O)[O-]. The van der Waals surface area contributed by atoms with Crippen molar-refractivity contribution in [3.63, 3.8) is 0 Å². The number of benzene rings is 1. The van der Waals surface area contributed by atoms with Crippen molar-refractivity contribution in [1.29, 1.82) is 0 Å². The molecule has 0 bridgehead atoms. The molecule has 1 aromatic rings. The minimum atomic E-state index is -4.54. The lowest BCUT2D eigenvalue weighted by Crippen LogP contribution is -2.36. The summed E-state index contributed by atoms with van der Waals surface area (Å²) >= 11 is 0. The van der Waals surface area contributed by atoms with Crippen LogP contribution in [-0.4, -0.2) is 42.2 Å². The number of rotatable bonds is 6. The molecular weight excluding hydrogens is 299 g/mol. The fraction of sp³-hybridized carbons (Fsp3) is 0.222. The molecule has 9 nitrogen and oxygen atoms in total. The number of aliphatic hydroxyl groups is 1. The lowest BCUT2D eigenvalue weighted by atomic mass is 10.3. The van der Waals surface area contributed by atoms with Crippen LogP contribution in [0.25, 0.3) is 0 Å². The maximum atomic E-state index is 13.3. The van der Waals surface area contributed by atoms with Crippen molar-refractivity contribution in [2.45, 2.75) is 11.0 Å². The van der Waals surface area contributed by atoms with E-state index in [1.165, 1.54) is 0 Å². The van der Waals surface area contributed by atoms with Gasteiger partial charge in [0.1, 0.15) is 0 Å². The van der Waals surface area contributed by atoms with Gasteiger partial charge in [0.25, 0.3) is 0 Å². The van der Waals surface area contributed by atoms with E-state index in [1.807, 2.05) is 0 Å². The number of hydrogen-bond acceptors (Lipinski definition) is 6. The van der Waals surface area contributed by atoms with E-state index in [-0.39, 0.29) is 0 Å². The van der Waals surface area contributed by atoms with Crippen molar-refractivity contribution in [2.24, 2.45) is 0 Å². The molecule has 11 heteroatoms. The van der Waals surface area contributed by atoms with Gasteiger partial charge in [0, 0.05) is 6.54 Å². The van der Waals surface area contributed by atoms with Crippen LogP contribution < -0.4 is 4.72 Å². The molecule has 0 aliphatic heterocycles. The Morgan fingerprint density at radius 3 is 2.60 bits per heavy atom. The van der Waals surface area contributed by atoms with Crippen LogP contribution in [0.1, 0.15) is 0 Å². The Labute approximate surface area is 111 Å². The second-order valence-corrected chi connectivity index (χ2v) is 5.28. The highest BCUT2D eigenvalue weighted by molar-refractivity contribution is 7.89. The molecule has 0 unspecified atom stereocenters. The summed E-state index contributed by atoms with van der Waals surface area (Å²) in [6.45, 7) is -0.911. The predicted molar refractivity (Wildman–Crippen MR) is 61.9 cm³/mol. The van der Waals surface area contributed by atoms with Gasteiger partial charge < -0.3 is 10.2 Å². The number of halogens is 1. The Morgan fingerprint density at radius 2 is 2.10 bits per heavy atom. The van der Waals surface area contributed by atoms with Gasteiger partial charge in [-0.25, -0.2) is 17.9 Å². The highest BCUT2D eigenvalue weighted by Crippen LogP contribution is 2.26. The van der Waals surface area contributed by atoms with Gasteiger partial charge >= 0.3 is 11.7 Å². The van der Waals surface area contributed by atoms with E-state index in [1.54, 1.807) is 4.72 Å². The molecule has 20 heavy (non-hydrogen) atoms. The van der Waals surface area contributed by atoms with Gasteiger partial charge in [-0.1, -0.05) is 6.07 Å². The summed E-state index contributed by atoms with van der Waals surface area (Å²) in [4.78, 5) is 18.8. The second kappa shape index (κ2) is 5.90. The first-order valence-corrected chi connectivity index (χ1v) is 6.48. The average molecular weight is 308 g/mol. The molecule has 0 aliphatic rings. The van der Waals surface area contributed by atoms with Crippen LogP contribution in [0.2, 0.25) is 0 Å². The quantitative estimate of drug-likeness (QED) is 0.472. The first-order chi connectivity index (χ1) is 9.16. The van der Waals surface area contributed by atoms with Crippen molar-refractivity contribution >= 4 is 21.7 Å². The maximum Gasteiger partial charge on any atom is 0.333 e. The Morgan fingerprint density at radius 1 is 1.50 bits per heavy atom. The average Bonchev–Trinajstić information content (AvgIpc) is 2.35. The topological polar surface area (TPSA) is 147 Å². The van der Waals surface area contributed by atoms with E-state index in [4.69, 9.17) is 10.2 Å². The number of carboxylic acids is 1. The molecule has 0 saturated carbocycles. The van der Waals surface area contributed by atoms with Crippen molar-refractivity contribution in [1.82, 2.24) is 4.72 Å². The largest absolute Gasteiger partial charge is 0.479 e. The van der Waals surface area contributed by atoms with Gasteiger partial charge in [0.2, 0.25) is 15.8 Å². The number of carboxylic acid groups (broad SMARTS) is 1. The van der Waals surface area contributed by atoms with E-state index in [0.717, 1.165) is 12.1 Å². The molecule has 1 aromatic carbocycles. The number of aliphatic hydroxyl groups excluding tert-OH is 1. The molecule has 0 heterocycles. The van der Waals surface area contributed by atoms with Gasteiger partial charge in [-0.2, -0.15) is 4.39 Å². The lowest BCUT2D eigenvalue weighted by Gasteiger charge is -2.09. The monoisotopic (exact) mass is 308 g/mol. The summed E-state index contributed by atoms with van der Waals surface area (Å²) in [5.41, 5.74) is -1.26. The summed E-state index contributed by atoms with van der Waals surface area (Å²) in [6, 6.07) is 2.45. The number of carbonyl (C=O) groups is 1. The van der Waals surface area contributed by atoms with Gasteiger partial charge in [-0.3, -0.25) is 10.1 Å². The Hall–Kier alpha value is -2.11. The molecule has 0 aromatic heterocycles. The van der Waals surface area contributed by atoms with E-state index < -0.39 is 50.0 Å². The fourth-order valence-electron chi connectivity index (χ4n) is 1.24. The first-order valence-electron chi connectivity index (χ1n) is 5.00. The van der Waals surface area contributed by atoms with Crippen molar-refractivity contribution in [2.75, 3.05) is 6.54 Å². The van der Waals surface area contributed by atoms with Crippen LogP contribution in [0.15, 0.2) is 23.1 Å². The minimum Gasteiger partial charge on any atom is -0.479 e. The van der Waals surface area contributed by atoms with Gasteiger partial charge in [-0.15, -0.1) is 0 Å². The molecule has 0 spiro atoms. The van der Waals surface area contributed by atoms with Crippen LogP contribution in [0, 0.1) is 15.9 Å². The van der Waals surface area contributed by atoms with Gasteiger partial charge in [0.05, 0.1) is 4.92 Å². The zero-order valence-electron chi connectivity index (χ0n) is 9.69. The van der Waals surface area contributed by atoms with Crippen LogP contribution >= 0.6 is 0 Å². The third-order valence-electron chi connectivity index (χ3n) is 2.17. The third kappa shape index (κ3) is 3.46. The van der Waals surface area contributed by atoms with E-state index in [2.05, 4.69) is 0 Å².